The van der Waals surface area contributed by atoms with Gasteiger partial charge in [0.2, 0.25) is 0 Å². The van der Waals surface area contributed by atoms with Crippen LogP contribution in [0.2, 0.25) is 0 Å². The van der Waals surface area contributed by atoms with Gasteiger partial charge in [0.1, 0.15) is 0 Å². The Hall–Kier alpha value is 0.600. The fourth-order valence-electron chi connectivity index (χ4n) is 0.499. The minimum absolute atomic E-state index is 0.358. The normalized spacial score (nSPS) is 10.8. The monoisotopic (exact) mass is 182 g/mol. The van der Waals surface area contributed by atoms with E-state index in [2.05, 4.69) is 0 Å². The van der Waals surface area contributed by atoms with E-state index in [0.717, 1.165) is 24.0 Å². The third-order valence-electron chi connectivity index (χ3n) is 0.900. The van der Waals surface area contributed by atoms with Gasteiger partial charge >= 0.3 is 0 Å². The van der Waals surface area contributed by atoms with Crippen molar-refractivity contribution in [2.24, 2.45) is 0 Å². The van der Waals surface area contributed by atoms with E-state index < -0.39 is 0 Å². The number of hydrogen-bond acceptors (Lipinski definition) is 2. The van der Waals surface area contributed by atoms with Crippen molar-refractivity contribution >= 4 is 23.4 Å². The highest BCUT2D eigenvalue weighted by atomic mass is 35.5. The highest BCUT2D eigenvalue weighted by Crippen LogP contribution is 2.00. The minimum Gasteiger partial charge on any atom is -0.378 e. The molecule has 0 unspecified atom stereocenters. The van der Waals surface area contributed by atoms with E-state index in [9.17, 15) is 0 Å². The Kier molecular flexibility index (Phi) is 8.17. The molecule has 0 aliphatic heterocycles. The van der Waals surface area contributed by atoms with Crippen LogP contribution in [0, 0.1) is 0 Å². The first-order chi connectivity index (χ1) is 4.77. The largest absolute Gasteiger partial charge is 0.378 e. The van der Waals surface area contributed by atoms with Crippen LogP contribution in [0.1, 0.15) is 13.8 Å². The number of hydrogen-bond donors (Lipinski definition) is 0. The molecular weight excluding hydrogens is 168 g/mol. The first-order valence-corrected chi connectivity index (χ1v) is 5.21. The van der Waals surface area contributed by atoms with E-state index in [1.165, 1.54) is 0 Å². The Balaban J connectivity index is 2.77. The molecular formula is C7H15ClOS. The van der Waals surface area contributed by atoms with Crippen molar-refractivity contribution in [3.8, 4) is 0 Å². The molecule has 0 amide bonds. The Bertz CT molecular complexity index is 68.6. The number of thioether (sulfide) groups is 1. The van der Waals surface area contributed by atoms with E-state index in [0.29, 0.717) is 6.10 Å². The molecule has 0 bridgehead atoms. The summed E-state index contributed by atoms with van der Waals surface area (Å²) >= 11 is 7.32. The van der Waals surface area contributed by atoms with Crippen LogP contribution in [0.5, 0.6) is 0 Å². The maximum absolute atomic E-state index is 5.48. The van der Waals surface area contributed by atoms with Crippen molar-refractivity contribution in [3.63, 3.8) is 0 Å². The summed E-state index contributed by atoms with van der Waals surface area (Å²) in [7, 11) is 0. The van der Waals surface area contributed by atoms with Crippen molar-refractivity contribution in [2.45, 2.75) is 20.0 Å². The van der Waals surface area contributed by atoms with Gasteiger partial charge in [-0.25, -0.2) is 0 Å². The lowest BCUT2D eigenvalue weighted by atomic mass is 10.5. The van der Waals surface area contributed by atoms with Crippen LogP contribution in [-0.4, -0.2) is 30.1 Å². The lowest BCUT2D eigenvalue weighted by Crippen LogP contribution is -2.05. The van der Waals surface area contributed by atoms with E-state index in [1.807, 2.05) is 25.6 Å². The maximum atomic E-state index is 5.48. The van der Waals surface area contributed by atoms with Crippen LogP contribution in [0.3, 0.4) is 0 Å². The molecule has 0 N–H and O–H groups in total. The second kappa shape index (κ2) is 7.70. The van der Waals surface area contributed by atoms with Crippen LogP contribution in [0.15, 0.2) is 0 Å². The second-order valence-electron chi connectivity index (χ2n) is 2.22. The molecule has 0 heterocycles. The number of halogens is 1. The van der Waals surface area contributed by atoms with Gasteiger partial charge in [0.25, 0.3) is 0 Å². The molecule has 0 aliphatic carbocycles. The van der Waals surface area contributed by atoms with Gasteiger partial charge in [0, 0.05) is 17.4 Å². The van der Waals surface area contributed by atoms with Gasteiger partial charge in [-0.1, -0.05) is 0 Å². The molecule has 10 heavy (non-hydrogen) atoms. The zero-order valence-corrected chi connectivity index (χ0v) is 8.17. The molecule has 3 heteroatoms. The molecule has 0 aromatic rings. The Morgan fingerprint density at radius 1 is 1.40 bits per heavy atom. The third-order valence-corrected chi connectivity index (χ3v) is 2.26. The van der Waals surface area contributed by atoms with Gasteiger partial charge in [-0.15, -0.1) is 11.6 Å². The number of alkyl halides is 1. The summed E-state index contributed by atoms with van der Waals surface area (Å²) in [6.45, 7) is 4.94. The Morgan fingerprint density at radius 3 is 2.60 bits per heavy atom. The average molecular weight is 183 g/mol. The van der Waals surface area contributed by atoms with Crippen LogP contribution >= 0.6 is 23.4 Å². The Morgan fingerprint density at radius 2 is 2.10 bits per heavy atom. The fourth-order valence-corrected chi connectivity index (χ4v) is 1.35. The summed E-state index contributed by atoms with van der Waals surface area (Å²) in [6.07, 6.45) is 0.358. The molecule has 0 aromatic carbocycles. The lowest BCUT2D eigenvalue weighted by molar-refractivity contribution is 0.0920. The molecule has 0 aromatic heterocycles. The molecule has 0 spiro atoms. The van der Waals surface area contributed by atoms with Gasteiger partial charge in [-0.2, -0.15) is 11.8 Å². The quantitative estimate of drug-likeness (QED) is 0.461. The molecule has 0 saturated heterocycles. The highest BCUT2D eigenvalue weighted by Gasteiger charge is 1.92. The smallest absolute Gasteiger partial charge is 0.0560 e. The molecule has 0 radical (unpaired) electrons. The summed E-state index contributed by atoms with van der Waals surface area (Å²) in [5, 5.41) is 0. The fraction of sp³-hybridized carbons (Fsp3) is 1.00. The number of ether oxygens (including phenoxy) is 1. The van der Waals surface area contributed by atoms with Gasteiger partial charge in [-0.3, -0.25) is 0 Å². The predicted octanol–water partition coefficient (Wildman–Crippen LogP) is 2.38. The summed E-state index contributed by atoms with van der Waals surface area (Å²) in [5.74, 6) is 2.83. The zero-order chi connectivity index (χ0) is 7.82. The van der Waals surface area contributed by atoms with Crippen molar-refractivity contribution < 1.29 is 4.74 Å². The maximum Gasteiger partial charge on any atom is 0.0560 e. The SMILES string of the molecule is CC(C)OCCSCCCl. The molecule has 1 nitrogen and oxygen atoms in total. The van der Waals surface area contributed by atoms with Crippen molar-refractivity contribution in [2.75, 3.05) is 24.0 Å². The molecule has 0 saturated carbocycles. The summed E-state index contributed by atoms with van der Waals surface area (Å²) < 4.78 is 5.32. The second-order valence-corrected chi connectivity index (χ2v) is 3.82. The molecule has 0 atom stereocenters. The highest BCUT2D eigenvalue weighted by molar-refractivity contribution is 7.99. The van der Waals surface area contributed by atoms with E-state index in [-0.39, 0.29) is 0 Å². The average Bonchev–Trinajstić information content (AvgIpc) is 1.87. The predicted molar refractivity (Wildman–Crippen MR) is 49.1 cm³/mol. The molecule has 0 aliphatic rings. The van der Waals surface area contributed by atoms with Gasteiger partial charge < -0.3 is 4.74 Å². The standard InChI is InChI=1S/C7H15ClOS/c1-7(2)9-4-6-10-5-3-8/h7H,3-6H2,1-2H3. The molecule has 62 valence electrons. The summed E-state index contributed by atoms with van der Waals surface area (Å²) in [5.41, 5.74) is 0. The van der Waals surface area contributed by atoms with Gasteiger partial charge in [-0.05, 0) is 13.8 Å². The van der Waals surface area contributed by atoms with Gasteiger partial charge in [0.05, 0.1) is 12.7 Å². The van der Waals surface area contributed by atoms with E-state index in [1.54, 1.807) is 0 Å². The first kappa shape index (κ1) is 10.6. The minimum atomic E-state index is 0.358. The zero-order valence-electron chi connectivity index (χ0n) is 6.60. The van der Waals surface area contributed by atoms with E-state index in [4.69, 9.17) is 16.3 Å². The van der Waals surface area contributed by atoms with Crippen molar-refractivity contribution in [3.05, 3.63) is 0 Å². The Labute approximate surface area is 72.5 Å². The summed E-state index contributed by atoms with van der Waals surface area (Å²) in [4.78, 5) is 0. The topological polar surface area (TPSA) is 9.23 Å². The van der Waals surface area contributed by atoms with Crippen LogP contribution in [0.4, 0.5) is 0 Å². The lowest BCUT2D eigenvalue weighted by Gasteiger charge is -2.05. The van der Waals surface area contributed by atoms with Crippen molar-refractivity contribution in [1.82, 2.24) is 0 Å². The molecule has 0 rings (SSSR count). The van der Waals surface area contributed by atoms with Gasteiger partial charge in [0.15, 0.2) is 0 Å². The number of rotatable bonds is 6. The van der Waals surface area contributed by atoms with Crippen LogP contribution in [-0.2, 0) is 4.74 Å². The van der Waals surface area contributed by atoms with Crippen LogP contribution in [0.25, 0.3) is 0 Å². The van der Waals surface area contributed by atoms with Crippen molar-refractivity contribution in [1.29, 1.82) is 0 Å². The summed E-state index contributed by atoms with van der Waals surface area (Å²) in [6, 6.07) is 0. The molecule has 0 fully saturated rings. The van der Waals surface area contributed by atoms with Crippen LogP contribution < -0.4 is 0 Å². The third kappa shape index (κ3) is 8.60. The first-order valence-electron chi connectivity index (χ1n) is 3.52. The van der Waals surface area contributed by atoms with E-state index >= 15 is 0 Å².